The first kappa shape index (κ1) is 14.8. The highest BCUT2D eigenvalue weighted by atomic mass is 32.2. The number of rotatable bonds is 4. The van der Waals surface area contributed by atoms with Gasteiger partial charge in [0.05, 0.1) is 17.2 Å². The zero-order valence-electron chi connectivity index (χ0n) is 12.2. The number of carbonyl (C=O) groups excluding carboxylic acids is 1. The molecule has 0 saturated carbocycles. The highest BCUT2D eigenvalue weighted by Crippen LogP contribution is 2.19. The first-order valence-corrected chi connectivity index (χ1v) is 8.92. The van der Waals surface area contributed by atoms with E-state index in [0.717, 1.165) is 5.69 Å². The SMILES string of the molecule is Cn1cccc1-c1cc(C(=O)NC[C@@H]2CCS(=O)(=O)C2)[nH]n1. The van der Waals surface area contributed by atoms with Crippen LogP contribution in [0, 0.1) is 5.92 Å². The highest BCUT2D eigenvalue weighted by Gasteiger charge is 2.28. The number of hydrogen-bond donors (Lipinski definition) is 2. The van der Waals surface area contributed by atoms with E-state index in [2.05, 4.69) is 15.5 Å². The van der Waals surface area contributed by atoms with Gasteiger partial charge in [-0.3, -0.25) is 9.89 Å². The molecule has 1 aliphatic heterocycles. The number of nitrogens with one attached hydrogen (secondary N) is 2. The molecule has 8 heteroatoms. The van der Waals surface area contributed by atoms with E-state index >= 15 is 0 Å². The van der Waals surface area contributed by atoms with Gasteiger partial charge in [0.1, 0.15) is 11.4 Å². The van der Waals surface area contributed by atoms with Crippen LogP contribution in [0.5, 0.6) is 0 Å². The monoisotopic (exact) mass is 322 g/mol. The van der Waals surface area contributed by atoms with Crippen molar-refractivity contribution in [1.29, 1.82) is 0 Å². The van der Waals surface area contributed by atoms with Crippen LogP contribution in [0.1, 0.15) is 16.9 Å². The topological polar surface area (TPSA) is 96.9 Å². The maximum Gasteiger partial charge on any atom is 0.269 e. The van der Waals surface area contributed by atoms with Gasteiger partial charge in [0.2, 0.25) is 0 Å². The van der Waals surface area contributed by atoms with E-state index in [1.54, 1.807) is 6.07 Å². The third kappa shape index (κ3) is 3.06. The molecule has 0 unspecified atom stereocenters. The Bertz CT molecular complexity index is 791. The van der Waals surface area contributed by atoms with Gasteiger partial charge in [-0.1, -0.05) is 0 Å². The van der Waals surface area contributed by atoms with Crippen molar-refractivity contribution in [3.05, 3.63) is 30.1 Å². The maximum absolute atomic E-state index is 12.1. The average Bonchev–Trinajstić information content (AvgIpc) is 3.15. The quantitative estimate of drug-likeness (QED) is 0.860. The molecule has 1 saturated heterocycles. The van der Waals surface area contributed by atoms with Crippen LogP contribution in [0.3, 0.4) is 0 Å². The van der Waals surface area contributed by atoms with Crippen LogP contribution in [-0.2, 0) is 16.9 Å². The Morgan fingerprint density at radius 2 is 2.36 bits per heavy atom. The van der Waals surface area contributed by atoms with Crippen molar-refractivity contribution in [2.24, 2.45) is 13.0 Å². The number of carbonyl (C=O) groups is 1. The van der Waals surface area contributed by atoms with Gasteiger partial charge >= 0.3 is 0 Å². The summed E-state index contributed by atoms with van der Waals surface area (Å²) >= 11 is 0. The molecule has 0 aromatic carbocycles. The van der Waals surface area contributed by atoms with Crippen molar-refractivity contribution in [3.63, 3.8) is 0 Å². The van der Waals surface area contributed by atoms with Gasteiger partial charge in [0, 0.05) is 19.8 Å². The van der Waals surface area contributed by atoms with E-state index in [1.807, 2.05) is 29.9 Å². The molecule has 0 spiro atoms. The van der Waals surface area contributed by atoms with Crippen LogP contribution in [0.15, 0.2) is 24.4 Å². The Hall–Kier alpha value is -2.09. The Morgan fingerprint density at radius 3 is 3.00 bits per heavy atom. The summed E-state index contributed by atoms with van der Waals surface area (Å²) in [4.78, 5) is 12.1. The first-order chi connectivity index (χ1) is 10.4. The minimum atomic E-state index is -2.91. The van der Waals surface area contributed by atoms with Crippen LogP contribution in [-0.4, -0.2) is 47.1 Å². The Kier molecular flexibility index (Phi) is 3.78. The summed E-state index contributed by atoms with van der Waals surface area (Å²) in [5.41, 5.74) is 1.98. The van der Waals surface area contributed by atoms with E-state index < -0.39 is 9.84 Å². The second kappa shape index (κ2) is 5.60. The van der Waals surface area contributed by atoms with Gasteiger partial charge in [0.25, 0.3) is 5.91 Å². The molecule has 1 amide bonds. The number of hydrogen-bond acceptors (Lipinski definition) is 4. The van der Waals surface area contributed by atoms with Gasteiger partial charge in [-0.05, 0) is 30.5 Å². The van der Waals surface area contributed by atoms with Crippen molar-refractivity contribution < 1.29 is 13.2 Å². The van der Waals surface area contributed by atoms with E-state index in [-0.39, 0.29) is 23.3 Å². The molecular weight excluding hydrogens is 304 g/mol. The van der Waals surface area contributed by atoms with Crippen molar-refractivity contribution in [2.45, 2.75) is 6.42 Å². The van der Waals surface area contributed by atoms with Crippen molar-refractivity contribution >= 4 is 15.7 Å². The van der Waals surface area contributed by atoms with Gasteiger partial charge in [-0.2, -0.15) is 5.10 Å². The minimum Gasteiger partial charge on any atom is -0.350 e. The minimum absolute atomic E-state index is 0.00390. The number of H-pyrrole nitrogens is 1. The summed E-state index contributed by atoms with van der Waals surface area (Å²) in [5, 5.41) is 9.63. The molecule has 7 nitrogen and oxygen atoms in total. The summed E-state index contributed by atoms with van der Waals surface area (Å²) < 4.78 is 24.7. The highest BCUT2D eigenvalue weighted by molar-refractivity contribution is 7.91. The number of amides is 1. The van der Waals surface area contributed by atoms with Crippen LogP contribution in [0.4, 0.5) is 0 Å². The Labute approximate surface area is 128 Å². The molecule has 0 radical (unpaired) electrons. The summed E-state index contributed by atoms with van der Waals surface area (Å²) in [6.07, 6.45) is 2.52. The molecule has 0 aliphatic carbocycles. The average molecular weight is 322 g/mol. The summed E-state index contributed by atoms with van der Waals surface area (Å²) in [7, 11) is -1.01. The number of aromatic amines is 1. The predicted molar refractivity (Wildman–Crippen MR) is 82.1 cm³/mol. The lowest BCUT2D eigenvalue weighted by molar-refractivity contribution is 0.0943. The zero-order valence-corrected chi connectivity index (χ0v) is 13.1. The summed E-state index contributed by atoms with van der Waals surface area (Å²) in [6.45, 7) is 0.372. The molecule has 1 aliphatic rings. The lowest BCUT2D eigenvalue weighted by atomic mass is 10.1. The molecule has 1 fully saturated rings. The molecule has 3 rings (SSSR count). The van der Waals surface area contributed by atoms with E-state index in [0.29, 0.717) is 24.4 Å². The molecule has 2 N–H and O–H groups in total. The van der Waals surface area contributed by atoms with Gasteiger partial charge in [-0.25, -0.2) is 8.42 Å². The number of sulfone groups is 1. The second-order valence-corrected chi connectivity index (χ2v) is 7.88. The predicted octanol–water partition coefficient (Wildman–Crippen LogP) is 0.580. The molecule has 3 heterocycles. The fourth-order valence-electron chi connectivity index (χ4n) is 2.66. The fraction of sp³-hybridized carbons (Fsp3) is 0.429. The summed E-state index contributed by atoms with van der Waals surface area (Å²) in [6, 6.07) is 5.52. The second-order valence-electron chi connectivity index (χ2n) is 5.65. The molecule has 2 aromatic rings. The van der Waals surface area contributed by atoms with Crippen LogP contribution < -0.4 is 5.32 Å². The molecule has 118 valence electrons. The van der Waals surface area contributed by atoms with Gasteiger partial charge in [-0.15, -0.1) is 0 Å². The molecule has 22 heavy (non-hydrogen) atoms. The zero-order chi connectivity index (χ0) is 15.7. The normalized spacial score (nSPS) is 20.1. The van der Waals surface area contributed by atoms with E-state index in [9.17, 15) is 13.2 Å². The van der Waals surface area contributed by atoms with Gasteiger partial charge in [0.15, 0.2) is 9.84 Å². The summed E-state index contributed by atoms with van der Waals surface area (Å²) in [5.74, 6) is 0.113. The molecule has 0 bridgehead atoms. The number of nitrogens with zero attached hydrogens (tertiary/aromatic N) is 2. The Morgan fingerprint density at radius 1 is 1.55 bits per heavy atom. The standard InChI is InChI=1S/C14H18N4O3S/c1-18-5-2-3-13(18)11-7-12(17-16-11)14(19)15-8-10-4-6-22(20,21)9-10/h2-3,5,7,10H,4,6,8-9H2,1H3,(H,15,19)(H,16,17)/t10-/m0/s1. The first-order valence-electron chi connectivity index (χ1n) is 7.10. The van der Waals surface area contributed by atoms with Crippen LogP contribution >= 0.6 is 0 Å². The smallest absolute Gasteiger partial charge is 0.269 e. The van der Waals surface area contributed by atoms with Crippen LogP contribution in [0.2, 0.25) is 0 Å². The van der Waals surface area contributed by atoms with Crippen molar-refractivity contribution in [3.8, 4) is 11.4 Å². The largest absolute Gasteiger partial charge is 0.350 e. The van der Waals surface area contributed by atoms with Crippen LogP contribution in [0.25, 0.3) is 11.4 Å². The van der Waals surface area contributed by atoms with Crippen molar-refractivity contribution in [1.82, 2.24) is 20.1 Å². The Balaban J connectivity index is 1.62. The van der Waals surface area contributed by atoms with Crippen molar-refractivity contribution in [2.75, 3.05) is 18.1 Å². The maximum atomic E-state index is 12.1. The molecule has 2 aromatic heterocycles. The van der Waals surface area contributed by atoms with E-state index in [4.69, 9.17) is 0 Å². The fourth-order valence-corrected chi connectivity index (χ4v) is 4.52. The molecule has 1 atom stereocenters. The lowest BCUT2D eigenvalue weighted by Gasteiger charge is -2.08. The number of aromatic nitrogens is 3. The van der Waals surface area contributed by atoms with Gasteiger partial charge < -0.3 is 9.88 Å². The molecular formula is C14H18N4O3S. The lowest BCUT2D eigenvalue weighted by Crippen LogP contribution is -2.30. The third-order valence-corrected chi connectivity index (χ3v) is 5.74. The van der Waals surface area contributed by atoms with E-state index in [1.165, 1.54) is 0 Å². The number of aryl methyl sites for hydroxylation is 1. The third-order valence-electron chi connectivity index (χ3n) is 3.91.